The molecule has 0 atom stereocenters. The van der Waals surface area contributed by atoms with Gasteiger partial charge in [0.2, 0.25) is 0 Å². The van der Waals surface area contributed by atoms with Gasteiger partial charge in [0.1, 0.15) is 30.3 Å². The number of allylic oxidation sites excluding steroid dienone is 1. The van der Waals surface area contributed by atoms with E-state index in [4.69, 9.17) is 9.47 Å². The predicted molar refractivity (Wildman–Crippen MR) is 66.9 cm³/mol. The van der Waals surface area contributed by atoms with E-state index < -0.39 is 5.97 Å². The van der Waals surface area contributed by atoms with Crippen LogP contribution in [0.2, 0.25) is 0 Å². The summed E-state index contributed by atoms with van der Waals surface area (Å²) in [6, 6.07) is 1.76. The van der Waals surface area contributed by atoms with Crippen LogP contribution in [0.15, 0.2) is 17.7 Å². The van der Waals surface area contributed by atoms with Gasteiger partial charge >= 0.3 is 5.97 Å². The van der Waals surface area contributed by atoms with E-state index >= 15 is 0 Å². The molecule has 4 nitrogen and oxygen atoms in total. The van der Waals surface area contributed by atoms with E-state index in [0.29, 0.717) is 23.5 Å². The van der Waals surface area contributed by atoms with Gasteiger partial charge in [-0.2, -0.15) is 0 Å². The number of phenols is 1. The summed E-state index contributed by atoms with van der Waals surface area (Å²) in [5, 5.41) is 9.98. The van der Waals surface area contributed by atoms with Gasteiger partial charge in [0.15, 0.2) is 0 Å². The van der Waals surface area contributed by atoms with Crippen molar-refractivity contribution >= 4 is 5.97 Å². The number of esters is 1. The molecule has 4 heteroatoms. The number of cyclic esters (lactones) is 1. The van der Waals surface area contributed by atoms with Gasteiger partial charge in [0.25, 0.3) is 0 Å². The van der Waals surface area contributed by atoms with Crippen molar-refractivity contribution in [1.29, 1.82) is 0 Å². The van der Waals surface area contributed by atoms with Crippen LogP contribution in [0.3, 0.4) is 0 Å². The molecule has 0 fully saturated rings. The topological polar surface area (TPSA) is 55.8 Å². The maximum absolute atomic E-state index is 11.4. The highest BCUT2D eigenvalue weighted by molar-refractivity contribution is 5.97. The Balaban J connectivity index is 2.31. The number of benzene rings is 1. The number of carbonyl (C=O) groups excluding carboxylic acids is 1. The van der Waals surface area contributed by atoms with Gasteiger partial charge in [0.05, 0.1) is 0 Å². The Bertz CT molecular complexity index is 525. The van der Waals surface area contributed by atoms with Crippen LogP contribution in [0.4, 0.5) is 0 Å². The SMILES string of the molecule is CC(C)=CCOc1cc2c(c(O)c1C)C(=O)OC2. The van der Waals surface area contributed by atoms with Gasteiger partial charge in [-0.3, -0.25) is 0 Å². The first-order valence-electron chi connectivity index (χ1n) is 5.79. The van der Waals surface area contributed by atoms with Crippen LogP contribution in [-0.4, -0.2) is 17.7 Å². The van der Waals surface area contributed by atoms with E-state index in [9.17, 15) is 9.90 Å². The molecule has 0 aliphatic carbocycles. The first-order chi connectivity index (χ1) is 8.50. The molecule has 1 N–H and O–H groups in total. The lowest BCUT2D eigenvalue weighted by atomic mass is 10.0. The minimum atomic E-state index is -0.471. The standard InChI is InChI=1S/C14H16O4/c1-8(2)4-5-17-11-6-10-7-18-14(16)12(10)13(15)9(11)3/h4,6,15H,5,7H2,1-3H3. The first-order valence-corrected chi connectivity index (χ1v) is 5.79. The number of carbonyl (C=O) groups is 1. The van der Waals surface area contributed by atoms with Crippen molar-refractivity contribution in [1.82, 2.24) is 0 Å². The van der Waals surface area contributed by atoms with Crippen molar-refractivity contribution in [2.24, 2.45) is 0 Å². The molecule has 0 bridgehead atoms. The number of hydrogen-bond donors (Lipinski definition) is 1. The third-order valence-electron chi connectivity index (χ3n) is 2.88. The van der Waals surface area contributed by atoms with Gasteiger partial charge in [-0.15, -0.1) is 0 Å². The van der Waals surface area contributed by atoms with Gasteiger partial charge in [-0.25, -0.2) is 4.79 Å². The molecule has 18 heavy (non-hydrogen) atoms. The zero-order valence-corrected chi connectivity index (χ0v) is 10.7. The Morgan fingerprint density at radius 1 is 1.56 bits per heavy atom. The highest BCUT2D eigenvalue weighted by atomic mass is 16.5. The van der Waals surface area contributed by atoms with Crippen molar-refractivity contribution in [3.8, 4) is 11.5 Å². The smallest absolute Gasteiger partial charge is 0.342 e. The minimum Gasteiger partial charge on any atom is -0.507 e. The Labute approximate surface area is 106 Å². The average molecular weight is 248 g/mol. The van der Waals surface area contributed by atoms with Crippen molar-refractivity contribution in [3.05, 3.63) is 34.4 Å². The highest BCUT2D eigenvalue weighted by Gasteiger charge is 2.28. The van der Waals surface area contributed by atoms with E-state index in [1.54, 1.807) is 13.0 Å². The maximum atomic E-state index is 11.4. The second kappa shape index (κ2) is 4.72. The number of ether oxygens (including phenoxy) is 2. The van der Waals surface area contributed by atoms with Crippen molar-refractivity contribution < 1.29 is 19.4 Å². The van der Waals surface area contributed by atoms with E-state index in [-0.39, 0.29) is 17.9 Å². The van der Waals surface area contributed by atoms with Crippen molar-refractivity contribution in [3.63, 3.8) is 0 Å². The summed E-state index contributed by atoms with van der Waals surface area (Å²) in [4.78, 5) is 11.4. The highest BCUT2D eigenvalue weighted by Crippen LogP contribution is 2.37. The molecule has 96 valence electrons. The molecule has 0 aromatic heterocycles. The Morgan fingerprint density at radius 3 is 2.94 bits per heavy atom. The van der Waals surface area contributed by atoms with Crippen LogP contribution in [0.5, 0.6) is 11.5 Å². The fourth-order valence-electron chi connectivity index (χ4n) is 1.80. The van der Waals surface area contributed by atoms with Gasteiger partial charge in [-0.05, 0) is 32.9 Å². The Morgan fingerprint density at radius 2 is 2.28 bits per heavy atom. The lowest BCUT2D eigenvalue weighted by Gasteiger charge is -2.11. The van der Waals surface area contributed by atoms with Gasteiger partial charge < -0.3 is 14.6 Å². The summed E-state index contributed by atoms with van der Waals surface area (Å²) in [5.41, 5.74) is 2.67. The van der Waals surface area contributed by atoms with Crippen LogP contribution < -0.4 is 4.74 Å². The Hall–Kier alpha value is -1.97. The molecule has 0 spiro atoms. The fourth-order valence-corrected chi connectivity index (χ4v) is 1.80. The number of hydrogen-bond acceptors (Lipinski definition) is 4. The van der Waals surface area contributed by atoms with E-state index in [1.165, 1.54) is 0 Å². The zero-order chi connectivity index (χ0) is 13.3. The number of fused-ring (bicyclic) bond motifs is 1. The summed E-state index contributed by atoms with van der Waals surface area (Å²) in [7, 11) is 0. The Kier molecular flexibility index (Phi) is 3.28. The normalized spacial score (nSPS) is 12.9. The van der Waals surface area contributed by atoms with Crippen molar-refractivity contribution in [2.45, 2.75) is 27.4 Å². The van der Waals surface area contributed by atoms with Crippen LogP contribution >= 0.6 is 0 Å². The summed E-state index contributed by atoms with van der Waals surface area (Å²) in [5.74, 6) is 0.0747. The predicted octanol–water partition coefficient (Wildman–Crippen LogP) is 2.72. The maximum Gasteiger partial charge on any atom is 0.342 e. The van der Waals surface area contributed by atoms with Crippen LogP contribution in [0, 0.1) is 6.92 Å². The van der Waals surface area contributed by atoms with Gasteiger partial charge in [-0.1, -0.05) is 5.57 Å². The fraction of sp³-hybridized carbons (Fsp3) is 0.357. The van der Waals surface area contributed by atoms with Crippen LogP contribution in [0.25, 0.3) is 0 Å². The van der Waals surface area contributed by atoms with Crippen LogP contribution in [0.1, 0.15) is 35.3 Å². The van der Waals surface area contributed by atoms with E-state index in [2.05, 4.69) is 0 Å². The second-order valence-electron chi connectivity index (χ2n) is 4.55. The monoisotopic (exact) mass is 248 g/mol. The largest absolute Gasteiger partial charge is 0.507 e. The lowest BCUT2D eigenvalue weighted by Crippen LogP contribution is -2.00. The molecular formula is C14H16O4. The molecule has 0 saturated carbocycles. The molecule has 1 aliphatic rings. The van der Waals surface area contributed by atoms with E-state index in [1.807, 2.05) is 19.9 Å². The van der Waals surface area contributed by atoms with Gasteiger partial charge in [0, 0.05) is 11.1 Å². The molecule has 1 aromatic rings. The molecule has 2 rings (SSSR count). The quantitative estimate of drug-likeness (QED) is 0.660. The first kappa shape index (κ1) is 12.5. The summed E-state index contributed by atoms with van der Waals surface area (Å²) < 4.78 is 10.5. The zero-order valence-electron chi connectivity index (χ0n) is 10.7. The molecular weight excluding hydrogens is 232 g/mol. The second-order valence-corrected chi connectivity index (χ2v) is 4.55. The third-order valence-corrected chi connectivity index (χ3v) is 2.88. The summed E-state index contributed by atoms with van der Waals surface area (Å²) in [6.07, 6.45) is 1.95. The average Bonchev–Trinajstić information content (AvgIpc) is 2.66. The summed E-state index contributed by atoms with van der Waals surface area (Å²) in [6.45, 7) is 6.34. The molecule has 1 aliphatic heterocycles. The molecule has 0 radical (unpaired) electrons. The lowest BCUT2D eigenvalue weighted by molar-refractivity contribution is 0.0533. The van der Waals surface area contributed by atoms with Crippen molar-refractivity contribution in [2.75, 3.05) is 6.61 Å². The molecule has 0 amide bonds. The van der Waals surface area contributed by atoms with Crippen LogP contribution in [-0.2, 0) is 11.3 Å². The third kappa shape index (κ3) is 2.18. The molecule has 1 aromatic carbocycles. The minimum absolute atomic E-state index is 0.0396. The summed E-state index contributed by atoms with van der Waals surface area (Å²) >= 11 is 0. The van der Waals surface area contributed by atoms with E-state index in [0.717, 1.165) is 5.57 Å². The number of rotatable bonds is 3. The molecule has 1 heterocycles. The number of phenolic OH excluding ortho intramolecular Hbond substituents is 1. The molecule has 0 unspecified atom stereocenters. The number of aromatic hydroxyl groups is 1. The molecule has 0 saturated heterocycles.